The molecule has 3 aromatic rings. The molecule has 66 heavy (non-hydrogen) atoms. The van der Waals surface area contributed by atoms with E-state index in [2.05, 4.69) is 22.3 Å². The van der Waals surface area contributed by atoms with E-state index in [0.29, 0.717) is 19.6 Å². The van der Waals surface area contributed by atoms with E-state index < -0.39 is 88.8 Å². The number of aliphatic hydroxyl groups excluding tert-OH is 2. The van der Waals surface area contributed by atoms with Gasteiger partial charge in [0.05, 0.1) is 53.0 Å². The predicted molar refractivity (Wildman–Crippen MR) is 249 cm³/mol. The van der Waals surface area contributed by atoms with Gasteiger partial charge in [0.2, 0.25) is 0 Å². The van der Waals surface area contributed by atoms with Gasteiger partial charge in [0.25, 0.3) is 11.7 Å². The lowest BCUT2D eigenvalue weighted by molar-refractivity contribution is -0.160. The molecule has 16 heteroatoms. The van der Waals surface area contributed by atoms with Crippen LogP contribution < -0.4 is 10.1 Å². The van der Waals surface area contributed by atoms with E-state index in [4.69, 9.17) is 24.0 Å². The largest absolute Gasteiger partial charge is 0.507 e. The highest BCUT2D eigenvalue weighted by molar-refractivity contribution is 6.23. The van der Waals surface area contributed by atoms with E-state index in [1.165, 1.54) is 65.0 Å². The number of anilines is 1. The highest BCUT2D eigenvalue weighted by Crippen LogP contribution is 2.55. The number of phenolic OH excluding ortho intramolecular Hbond substituents is 3. The maximum Gasteiger partial charge on any atom is 0.312 e. The number of phenols is 3. The summed E-state index contributed by atoms with van der Waals surface area (Å²) in [4.78, 5) is 43.2. The molecule has 4 heterocycles. The number of aromatic hydroxyl groups is 3. The molecule has 0 unspecified atom stereocenters. The Morgan fingerprint density at radius 2 is 1.64 bits per heavy atom. The van der Waals surface area contributed by atoms with Crippen molar-refractivity contribution in [2.45, 2.75) is 98.6 Å². The summed E-state index contributed by atoms with van der Waals surface area (Å²) in [6, 6.07) is 10.1. The minimum absolute atomic E-state index is 0.0533. The van der Waals surface area contributed by atoms with Crippen LogP contribution in [0.2, 0.25) is 0 Å². The molecule has 0 aromatic heterocycles. The summed E-state index contributed by atoms with van der Waals surface area (Å²) in [6.45, 7) is 15.9. The third-order valence-corrected chi connectivity index (χ3v) is 13.2. The number of nitrogens with one attached hydrogen (secondary N) is 1. The van der Waals surface area contributed by atoms with Gasteiger partial charge < -0.3 is 49.8 Å². The topological polar surface area (TPSA) is 220 Å². The number of amides is 1. The van der Waals surface area contributed by atoms with Crippen molar-refractivity contribution in [1.29, 1.82) is 0 Å². The number of aliphatic hydroxyl groups is 2. The summed E-state index contributed by atoms with van der Waals surface area (Å²) in [5.41, 5.74) is 0.823. The van der Waals surface area contributed by atoms with Crippen LogP contribution in [0.4, 0.5) is 5.69 Å². The van der Waals surface area contributed by atoms with Gasteiger partial charge in [-0.2, -0.15) is 5.10 Å². The molecule has 1 fully saturated rings. The lowest BCUT2D eigenvalue weighted by Gasteiger charge is -2.38. The zero-order chi connectivity index (χ0) is 48.2. The van der Waals surface area contributed by atoms with Crippen molar-refractivity contribution in [3.05, 3.63) is 88.7 Å². The molecule has 16 nitrogen and oxygen atoms in total. The molecular formula is C50H64N4O12. The minimum Gasteiger partial charge on any atom is -0.507 e. The molecule has 0 spiro atoms. The minimum atomic E-state index is -2.06. The fraction of sp³-hybridized carbons (Fsp3) is 0.480. The van der Waals surface area contributed by atoms with Crippen LogP contribution in [0, 0.1) is 30.6 Å². The van der Waals surface area contributed by atoms with Gasteiger partial charge in [-0.1, -0.05) is 76.3 Å². The maximum atomic E-state index is 14.6. The van der Waals surface area contributed by atoms with Crippen LogP contribution >= 0.6 is 0 Å². The molecule has 356 valence electrons. The Bertz CT molecular complexity index is 2420. The van der Waals surface area contributed by atoms with Crippen LogP contribution in [0.25, 0.3) is 10.8 Å². The number of hydrogen-bond donors (Lipinski definition) is 6. The lowest BCUT2D eigenvalue weighted by Crippen LogP contribution is -2.46. The van der Waals surface area contributed by atoms with Crippen molar-refractivity contribution in [3.8, 4) is 23.0 Å². The van der Waals surface area contributed by atoms with E-state index in [9.17, 15) is 39.9 Å². The average Bonchev–Trinajstić information content (AvgIpc) is 3.39. The standard InChI is InChI=1S/C50H64N4O12/c1-27-15-13-16-28(2)49(62)52-40-35(25-51-54-21-14-20-53(22-23-54)26-34-17-11-10-12-18-34)44(59)37-38(45(40)60)43(58)32(6)47-39(37)48(61)50(8,66-47)64-24-19-36(63-9)29(3)46(65-33(7)55)31(5)42(57)30(4)41(27)56/h10-13,15-19,24-25,27,29-31,36,41-42,46,56-60H,14,20-23,26H2,1-9H3,(H,52,62)/t27-,29+,30-,31-,36+,41-,42-,46+,50-/m0/s1. The zero-order valence-corrected chi connectivity index (χ0v) is 39.1. The number of ether oxygens (including phenoxy) is 4. The fourth-order valence-corrected chi connectivity index (χ4v) is 9.08. The van der Waals surface area contributed by atoms with Crippen molar-refractivity contribution in [2.75, 3.05) is 38.6 Å². The van der Waals surface area contributed by atoms with E-state index >= 15 is 0 Å². The van der Waals surface area contributed by atoms with Crippen LogP contribution in [0.1, 0.15) is 81.9 Å². The first kappa shape index (κ1) is 49.5. The average molecular weight is 913 g/mol. The van der Waals surface area contributed by atoms with E-state index in [1.807, 2.05) is 23.2 Å². The van der Waals surface area contributed by atoms with Gasteiger partial charge in [-0.15, -0.1) is 0 Å². The van der Waals surface area contributed by atoms with Gasteiger partial charge in [-0.05, 0) is 31.9 Å². The first-order valence-corrected chi connectivity index (χ1v) is 22.4. The molecule has 0 radical (unpaired) electrons. The molecule has 0 saturated carbocycles. The number of allylic oxidation sites excluding steroid dienone is 2. The smallest absolute Gasteiger partial charge is 0.312 e. The van der Waals surface area contributed by atoms with Gasteiger partial charge in [-0.25, -0.2) is 0 Å². The van der Waals surface area contributed by atoms with Crippen LogP contribution in [-0.2, 0) is 30.3 Å². The zero-order valence-electron chi connectivity index (χ0n) is 39.1. The van der Waals surface area contributed by atoms with Crippen LogP contribution in [-0.4, -0.2) is 123 Å². The SMILES string of the molecule is CO[C@@H]1C=CO[C@@]2(C)Oc3c(C)c(O)c4c(O)c(c(C=NN5CCCN(Cc6ccccc6)CC5)c(O)c4c3C2=O)NC(=O)C(C)=CC=C[C@H](C)[C@H](O)[C@H](C)[C@H](O)[C@H](C)[C@H](OC(C)=O)[C@@H]1C. The lowest BCUT2D eigenvalue weighted by atomic mass is 9.78. The third-order valence-electron chi connectivity index (χ3n) is 13.2. The summed E-state index contributed by atoms with van der Waals surface area (Å²) in [7, 11) is 1.44. The second-order valence-corrected chi connectivity index (χ2v) is 17.9. The highest BCUT2D eigenvalue weighted by atomic mass is 16.7. The van der Waals surface area contributed by atoms with E-state index in [-0.39, 0.29) is 44.5 Å². The molecule has 1 saturated heterocycles. The summed E-state index contributed by atoms with van der Waals surface area (Å²) in [5.74, 6) is -8.41. The van der Waals surface area contributed by atoms with Crippen molar-refractivity contribution < 1.29 is 58.9 Å². The van der Waals surface area contributed by atoms with Gasteiger partial charge in [0.15, 0.2) is 5.75 Å². The normalized spacial score (nSPS) is 28.3. The maximum absolute atomic E-state index is 14.6. The first-order chi connectivity index (χ1) is 31.3. The third kappa shape index (κ3) is 10.2. The second-order valence-electron chi connectivity index (χ2n) is 17.9. The summed E-state index contributed by atoms with van der Waals surface area (Å²) in [6.07, 6.45) is 5.67. The number of hydrazone groups is 1. The van der Waals surface area contributed by atoms with Gasteiger partial charge in [0.1, 0.15) is 23.4 Å². The number of esters is 1. The van der Waals surface area contributed by atoms with Gasteiger partial charge in [-0.3, -0.25) is 24.3 Å². The van der Waals surface area contributed by atoms with Crippen molar-refractivity contribution >= 4 is 40.3 Å². The summed E-state index contributed by atoms with van der Waals surface area (Å²) < 4.78 is 23.8. The Labute approximate surface area is 385 Å². The Hall–Kier alpha value is -5.94. The molecule has 3 aromatic carbocycles. The summed E-state index contributed by atoms with van der Waals surface area (Å²) >= 11 is 0. The predicted octanol–water partition coefficient (Wildman–Crippen LogP) is 6.30. The number of nitrogens with zero attached hydrogens (tertiary/aromatic N) is 3. The summed E-state index contributed by atoms with van der Waals surface area (Å²) in [5, 5.41) is 67.8. The van der Waals surface area contributed by atoms with Crippen LogP contribution in [0.5, 0.6) is 23.0 Å². The highest BCUT2D eigenvalue weighted by Gasteiger charge is 2.50. The number of methoxy groups -OCH3 is 1. The van der Waals surface area contributed by atoms with Crippen LogP contribution in [0.3, 0.4) is 0 Å². The van der Waals surface area contributed by atoms with E-state index in [1.54, 1.807) is 39.8 Å². The number of carbonyl (C=O) groups is 3. The van der Waals surface area contributed by atoms with Gasteiger partial charge >= 0.3 is 11.8 Å². The number of carbonyl (C=O) groups excluding carboxylic acids is 3. The van der Waals surface area contributed by atoms with Gasteiger partial charge in [0, 0.05) is 93.9 Å². The number of Topliss-reactive ketones (excluding diaryl/α,β-unsaturated/α-hetero) is 1. The van der Waals surface area contributed by atoms with Crippen molar-refractivity contribution in [2.24, 2.45) is 28.8 Å². The first-order valence-electron chi connectivity index (χ1n) is 22.4. The quantitative estimate of drug-likeness (QED) is 0.0693. The Morgan fingerprint density at radius 3 is 2.32 bits per heavy atom. The number of rotatable bonds is 6. The number of benzene rings is 3. The van der Waals surface area contributed by atoms with E-state index in [0.717, 1.165) is 19.5 Å². The van der Waals surface area contributed by atoms with Crippen molar-refractivity contribution in [3.63, 3.8) is 0 Å². The number of fused-ring (bicyclic) bond motifs is 14. The number of ketones is 1. The molecular weight excluding hydrogens is 849 g/mol. The second kappa shape index (κ2) is 20.7. The molecule has 7 rings (SSSR count). The monoisotopic (exact) mass is 912 g/mol. The molecule has 4 aliphatic heterocycles. The Balaban J connectivity index is 1.47. The molecule has 6 N–H and O–H groups in total. The number of hydrogen-bond acceptors (Lipinski definition) is 15. The molecule has 4 aliphatic rings. The fourth-order valence-electron chi connectivity index (χ4n) is 9.08. The molecule has 1 amide bonds. The Kier molecular flexibility index (Phi) is 15.5. The van der Waals surface area contributed by atoms with Crippen molar-refractivity contribution in [1.82, 2.24) is 9.91 Å². The Morgan fingerprint density at radius 1 is 0.924 bits per heavy atom. The molecule has 9 atom stereocenters. The van der Waals surface area contributed by atoms with Crippen LogP contribution in [0.15, 0.2) is 71.6 Å². The molecule has 5 bridgehead atoms. The molecule has 0 aliphatic carbocycles.